The zero-order chi connectivity index (χ0) is 109. The maximum atomic E-state index is 13.5. The highest BCUT2D eigenvalue weighted by molar-refractivity contribution is 9.10. The van der Waals surface area contributed by atoms with Crippen molar-refractivity contribution in [3.63, 3.8) is 0 Å². The van der Waals surface area contributed by atoms with Crippen molar-refractivity contribution < 1.29 is 193 Å². The van der Waals surface area contributed by atoms with E-state index in [1.54, 1.807) is 69.2 Å². The Bertz CT molecular complexity index is 5110. The van der Waals surface area contributed by atoms with Gasteiger partial charge in [0, 0.05) is 34.9 Å². The lowest BCUT2D eigenvalue weighted by Gasteiger charge is -2.17. The van der Waals surface area contributed by atoms with E-state index >= 15 is 0 Å². The summed E-state index contributed by atoms with van der Waals surface area (Å²) in [6.07, 6.45) is -48.5. The van der Waals surface area contributed by atoms with Crippen molar-refractivity contribution in [2.75, 3.05) is 0 Å². The quantitative estimate of drug-likeness (QED) is 0.0952. The zero-order valence-electron chi connectivity index (χ0n) is 75.4. The second-order valence-corrected chi connectivity index (χ2v) is 33.8. The Morgan fingerprint density at radius 3 is 0.748 bits per heavy atom. The summed E-state index contributed by atoms with van der Waals surface area (Å²) in [6.45, 7) is 27.6. The minimum absolute atomic E-state index is 0.0187. The molecule has 780 valence electrons. The molecule has 0 amide bonds. The van der Waals surface area contributed by atoms with Gasteiger partial charge >= 0.3 is 43.2 Å². The first-order valence-electron chi connectivity index (χ1n) is 40.1. The Labute approximate surface area is 782 Å². The van der Waals surface area contributed by atoms with E-state index in [9.17, 15) is 193 Å². The number of hydrogen-bond acceptors (Lipinski definition) is 0. The molecule has 0 saturated heterocycles. The first-order valence-corrected chi connectivity index (χ1v) is 41.2. The Balaban J connectivity index is 0.000000783. The highest BCUT2D eigenvalue weighted by atomic mass is 79.9. The van der Waals surface area contributed by atoms with Crippen LogP contribution in [0.3, 0.4) is 0 Å². The van der Waals surface area contributed by atoms with Crippen LogP contribution in [-0.2, 0) is 43.2 Å². The van der Waals surface area contributed by atoms with Crippen LogP contribution in [0.5, 0.6) is 0 Å². The van der Waals surface area contributed by atoms with Gasteiger partial charge in [-0.05, 0) is 205 Å². The number of alkyl halides is 31. The molecule has 46 heteroatoms. The van der Waals surface area contributed by atoms with Gasteiger partial charge in [0.25, 0.3) is 32.1 Å². The van der Waals surface area contributed by atoms with Crippen molar-refractivity contribution in [2.45, 2.75) is 253 Å². The molecule has 0 aliphatic rings. The van der Waals surface area contributed by atoms with Gasteiger partial charge in [0.1, 0.15) is 64.0 Å². The molecule has 9 aromatic rings. The summed E-state index contributed by atoms with van der Waals surface area (Å²) in [5.41, 5.74) is -14.8. The highest BCUT2D eigenvalue weighted by Gasteiger charge is 2.43. The average Bonchev–Trinajstić information content (AvgIpc) is 0.794. The fraction of sp³-hybridized carbons (Fsp3) is 0.419. The minimum Gasteiger partial charge on any atom is -0.207 e. The molecule has 0 saturated carbocycles. The predicted molar refractivity (Wildman–Crippen MR) is 437 cm³/mol. The second kappa shape index (κ2) is 52.1. The lowest BCUT2D eigenvalue weighted by Crippen LogP contribution is -2.15. The first-order chi connectivity index (χ1) is 62.7. The normalized spacial score (nSPS) is 12.2. The molecule has 139 heavy (non-hydrogen) atoms. The smallest absolute Gasteiger partial charge is 0.207 e. The number of benzene rings is 9. The molecule has 0 aromatic heterocycles. The lowest BCUT2D eigenvalue weighted by molar-refractivity contribution is -0.145. The molecule has 0 atom stereocenters. The third kappa shape index (κ3) is 38.1. The van der Waals surface area contributed by atoms with Crippen LogP contribution in [-0.4, -0.2) is 0 Å². The molecular weight excluding hydrogens is 2070 g/mol. The van der Waals surface area contributed by atoms with Crippen molar-refractivity contribution in [3.05, 3.63) is 311 Å². The molecule has 0 heterocycles. The lowest BCUT2D eigenvalue weighted by atomic mass is 9.96. The van der Waals surface area contributed by atoms with E-state index in [4.69, 9.17) is 11.6 Å². The van der Waals surface area contributed by atoms with Crippen molar-refractivity contribution >= 4 is 27.5 Å². The van der Waals surface area contributed by atoms with E-state index in [2.05, 4.69) is 15.9 Å². The van der Waals surface area contributed by atoms with Gasteiger partial charge in [0.05, 0.1) is 65.1 Å². The van der Waals surface area contributed by atoms with Crippen LogP contribution in [0.25, 0.3) is 0 Å². The Hall–Kier alpha value is -9.33. The number of halogens is 46. The predicted octanol–water partition coefficient (Wildman–Crippen LogP) is 40.3. The molecule has 0 aliphatic carbocycles. The third-order valence-corrected chi connectivity index (χ3v) is 19.7. The standard InChI is InChI=1S/C11H9F7.C11H10F6.2C11H11F5.C10H9BrF4.C10H9ClF4.2C10H9F5.C9H9F3/c1-5(2)7-3-6(10(13,14)15)4-8(9(7)12)11(16,17)18;1-5(2)7-3-6(11(15,16)17)4-8(9(7)12)10(13)14;2*1-5(2)7-3-6(10(13)14)4-8(9(7)12)11(15)16;2*1-5(2)7-3-6(10(13,14)15)4-8(11)9(7)12;1-5(2)6-3-7(10(13,14)15)9(12)4-8(6)11;1-5(2)7-3-6(10(13,14)15)4-8(11)9(7)12;1-5(2)9-7(11)3-6(10)4-8(9)12/h3-5H,1-2H3;3-5,10H,1-2H3;2*3-5,10-11H,1-2H3;4*3-5H,1-2H3;3-5H,1-2H3. The monoisotopic (exact) mass is 2150 g/mol. The highest BCUT2D eigenvalue weighted by Crippen LogP contribution is 2.45. The van der Waals surface area contributed by atoms with Gasteiger partial charge in [-0.2, -0.15) is 92.2 Å². The largest absolute Gasteiger partial charge is 0.419 e. The molecule has 0 aliphatic heterocycles. The topological polar surface area (TPSA) is 0 Å². The molecule has 9 aromatic carbocycles. The summed E-state index contributed by atoms with van der Waals surface area (Å²) in [6, 6.07) is 9.86. The van der Waals surface area contributed by atoms with Crippen LogP contribution in [0.2, 0.25) is 5.02 Å². The summed E-state index contributed by atoms with van der Waals surface area (Å²) in [5, 5.41) is -0.492. The van der Waals surface area contributed by atoms with E-state index in [1.165, 1.54) is 55.4 Å². The molecule has 0 fully saturated rings. The van der Waals surface area contributed by atoms with Crippen molar-refractivity contribution in [2.24, 2.45) is 0 Å². The minimum atomic E-state index is -5.16. The van der Waals surface area contributed by atoms with Gasteiger partial charge in [-0.3, -0.25) is 0 Å². The fourth-order valence-corrected chi connectivity index (χ4v) is 12.3. The second-order valence-electron chi connectivity index (χ2n) is 32.5. The number of hydrogen-bond donors (Lipinski definition) is 0. The number of rotatable bonds is 14. The van der Waals surface area contributed by atoms with Crippen LogP contribution in [0, 0.1) is 75.6 Å². The molecule has 0 N–H and O–H groups in total. The molecule has 0 bridgehead atoms. The maximum absolute atomic E-state index is 13.5. The van der Waals surface area contributed by atoms with Crippen LogP contribution in [0.4, 0.5) is 193 Å². The van der Waals surface area contributed by atoms with Gasteiger partial charge in [-0.15, -0.1) is 0 Å². The van der Waals surface area contributed by atoms with E-state index in [0.29, 0.717) is 54.6 Å². The van der Waals surface area contributed by atoms with Crippen LogP contribution in [0.1, 0.15) is 327 Å². The Morgan fingerprint density at radius 2 is 0.453 bits per heavy atom. The fourth-order valence-electron chi connectivity index (χ4n) is 11.6. The summed E-state index contributed by atoms with van der Waals surface area (Å²) in [4.78, 5) is 0. The third-order valence-electron chi connectivity index (χ3n) is 18.8. The van der Waals surface area contributed by atoms with Crippen molar-refractivity contribution in [1.82, 2.24) is 0 Å². The first kappa shape index (κ1) is 128. The van der Waals surface area contributed by atoms with E-state index in [1.807, 2.05) is 0 Å². The summed E-state index contributed by atoms with van der Waals surface area (Å²) in [5.74, 6) is -18.3. The molecule has 9 rings (SSSR count). The van der Waals surface area contributed by atoms with Gasteiger partial charge in [0.2, 0.25) is 0 Å². The average molecular weight is 2150 g/mol. The van der Waals surface area contributed by atoms with Crippen LogP contribution >= 0.6 is 27.5 Å². The zero-order valence-corrected chi connectivity index (χ0v) is 77.7. The van der Waals surface area contributed by atoms with E-state index in [-0.39, 0.29) is 91.0 Å². The Kier molecular flexibility index (Phi) is 47.8. The summed E-state index contributed by atoms with van der Waals surface area (Å²) < 4.78 is 555. The van der Waals surface area contributed by atoms with Gasteiger partial charge in [-0.25, -0.2) is 101 Å². The van der Waals surface area contributed by atoms with Gasteiger partial charge in [-0.1, -0.05) is 136 Å². The molecule has 0 nitrogen and oxygen atoms in total. The van der Waals surface area contributed by atoms with Gasteiger partial charge < -0.3 is 0 Å². The maximum Gasteiger partial charge on any atom is 0.419 e. The van der Waals surface area contributed by atoms with Crippen molar-refractivity contribution in [3.8, 4) is 0 Å². The van der Waals surface area contributed by atoms with E-state index in [0.717, 1.165) is 30.3 Å². The van der Waals surface area contributed by atoms with Crippen LogP contribution in [0.15, 0.2) is 114 Å². The molecule has 0 radical (unpaired) electrons. The summed E-state index contributed by atoms with van der Waals surface area (Å²) >= 11 is 8.18. The Morgan fingerprint density at radius 1 is 0.201 bits per heavy atom. The summed E-state index contributed by atoms with van der Waals surface area (Å²) in [7, 11) is 0. The molecular formula is C93H86BrClF44. The SMILES string of the molecule is CC(C)c1c(F)cc(F)cc1F.CC(C)c1cc(C(F)(F)F)c(F)cc1F.CC(C)c1cc(C(F)(F)F)cc(Br)c1F.CC(C)c1cc(C(F)(F)F)cc(C(F)(F)F)c1F.CC(C)c1cc(C(F)(F)F)cc(C(F)F)c1F.CC(C)c1cc(C(F)(F)F)cc(Cl)c1F.CC(C)c1cc(C(F)(F)F)cc(F)c1F.CC(C)c1cc(C(F)F)cc(C(F)F)c1F.CC(C)c1cc(C(F)F)cc(C(F)F)c1F. The molecule has 0 unspecified atom stereocenters. The molecule has 0 spiro atoms. The van der Waals surface area contributed by atoms with Crippen LogP contribution < -0.4 is 0 Å². The van der Waals surface area contributed by atoms with Crippen molar-refractivity contribution in [1.29, 1.82) is 0 Å². The van der Waals surface area contributed by atoms with E-state index < -0.39 is 264 Å². The van der Waals surface area contributed by atoms with Gasteiger partial charge in [0.15, 0.2) is 11.6 Å².